The van der Waals surface area contributed by atoms with Crippen LogP contribution in [-0.2, 0) is 0 Å². The number of fused-ring (bicyclic) bond motifs is 1. The van der Waals surface area contributed by atoms with Crippen LogP contribution >= 0.6 is 34.5 Å². The van der Waals surface area contributed by atoms with Crippen molar-refractivity contribution in [3.63, 3.8) is 0 Å². The third kappa shape index (κ3) is 4.30. The molecule has 0 bridgehead atoms. The molecule has 3 rings (SSSR count). The Morgan fingerprint density at radius 3 is 2.56 bits per heavy atom. The van der Waals surface area contributed by atoms with Crippen LogP contribution < -0.4 is 4.90 Å². The number of carbonyl (C=O) groups excluding carboxylic acids is 1. The predicted molar refractivity (Wildman–Crippen MR) is 106 cm³/mol. The Morgan fingerprint density at radius 2 is 1.84 bits per heavy atom. The van der Waals surface area contributed by atoms with Gasteiger partial charge in [-0.3, -0.25) is 9.69 Å². The van der Waals surface area contributed by atoms with E-state index < -0.39 is 0 Å². The number of carbonyl (C=O) groups is 1. The van der Waals surface area contributed by atoms with Gasteiger partial charge in [-0.1, -0.05) is 40.6 Å². The normalized spacial score (nSPS) is 11.2. The summed E-state index contributed by atoms with van der Waals surface area (Å²) >= 11 is 13.6. The fourth-order valence-electron chi connectivity index (χ4n) is 2.36. The van der Waals surface area contributed by atoms with E-state index in [1.807, 2.05) is 31.1 Å². The summed E-state index contributed by atoms with van der Waals surface area (Å²) in [5.74, 6) is -0.116. The quantitative estimate of drug-likeness (QED) is 0.623. The largest absolute Gasteiger partial charge is 0.308 e. The average molecular weight is 394 g/mol. The molecule has 25 heavy (non-hydrogen) atoms. The van der Waals surface area contributed by atoms with Gasteiger partial charge in [0.25, 0.3) is 5.91 Å². The topological polar surface area (TPSA) is 36.4 Å². The van der Waals surface area contributed by atoms with E-state index >= 15 is 0 Å². The molecule has 1 heterocycles. The van der Waals surface area contributed by atoms with Crippen LogP contribution in [0.5, 0.6) is 0 Å². The number of benzene rings is 2. The van der Waals surface area contributed by atoms with Gasteiger partial charge >= 0.3 is 0 Å². The summed E-state index contributed by atoms with van der Waals surface area (Å²) < 4.78 is 0.955. The van der Waals surface area contributed by atoms with E-state index in [1.165, 1.54) is 11.3 Å². The highest BCUT2D eigenvalue weighted by Gasteiger charge is 2.21. The molecular weight excluding hydrogens is 377 g/mol. The van der Waals surface area contributed by atoms with Gasteiger partial charge < -0.3 is 4.90 Å². The molecule has 0 aliphatic carbocycles. The van der Waals surface area contributed by atoms with Gasteiger partial charge in [0.1, 0.15) is 0 Å². The van der Waals surface area contributed by atoms with Crippen molar-refractivity contribution in [2.45, 2.75) is 0 Å². The van der Waals surface area contributed by atoms with E-state index in [0.29, 0.717) is 27.3 Å². The van der Waals surface area contributed by atoms with Gasteiger partial charge in [0.15, 0.2) is 5.13 Å². The number of rotatable bonds is 5. The maximum atomic E-state index is 13.0. The summed E-state index contributed by atoms with van der Waals surface area (Å²) in [5, 5.41) is 1.85. The first-order chi connectivity index (χ1) is 11.9. The second-order valence-electron chi connectivity index (χ2n) is 5.88. The third-order valence-electron chi connectivity index (χ3n) is 3.66. The van der Waals surface area contributed by atoms with Gasteiger partial charge in [-0.25, -0.2) is 4.98 Å². The van der Waals surface area contributed by atoms with E-state index in [-0.39, 0.29) is 5.91 Å². The van der Waals surface area contributed by atoms with Crippen LogP contribution in [0.15, 0.2) is 42.5 Å². The Balaban J connectivity index is 1.99. The zero-order valence-corrected chi connectivity index (χ0v) is 16.2. The zero-order chi connectivity index (χ0) is 18.0. The third-order valence-corrected chi connectivity index (χ3v) is 5.17. The molecule has 3 aromatic rings. The molecule has 130 valence electrons. The monoisotopic (exact) mass is 393 g/mol. The average Bonchev–Trinajstić information content (AvgIpc) is 2.97. The number of thiazole rings is 1. The predicted octanol–water partition coefficient (Wildman–Crippen LogP) is 4.81. The Kier molecular flexibility index (Phi) is 5.59. The standard InChI is InChI=1S/C18H17Cl2N3OS/c1-22(2)8-9-23(17(24)12-4-3-5-13(19)10-12)18-21-15-7-6-14(20)11-16(15)25-18/h3-7,10-11H,8-9H2,1-2H3. The summed E-state index contributed by atoms with van der Waals surface area (Å²) in [4.78, 5) is 21.4. The first-order valence-corrected chi connectivity index (χ1v) is 9.29. The molecule has 0 spiro atoms. The second-order valence-corrected chi connectivity index (χ2v) is 7.76. The van der Waals surface area contributed by atoms with Crippen LogP contribution in [0.4, 0.5) is 5.13 Å². The molecular formula is C18H17Cl2N3OS. The van der Waals surface area contributed by atoms with Crippen molar-refractivity contribution in [2.24, 2.45) is 0 Å². The molecule has 0 radical (unpaired) electrons. The van der Waals surface area contributed by atoms with Crippen LogP contribution in [0.25, 0.3) is 10.2 Å². The van der Waals surface area contributed by atoms with Gasteiger partial charge in [-0.2, -0.15) is 0 Å². The SMILES string of the molecule is CN(C)CCN(C(=O)c1cccc(Cl)c1)c1nc2ccc(Cl)cc2s1. The zero-order valence-electron chi connectivity index (χ0n) is 13.9. The second kappa shape index (κ2) is 7.70. The molecule has 0 atom stereocenters. The summed E-state index contributed by atoms with van der Waals surface area (Å²) in [6.07, 6.45) is 0. The number of hydrogen-bond acceptors (Lipinski definition) is 4. The lowest BCUT2D eigenvalue weighted by atomic mass is 10.2. The summed E-state index contributed by atoms with van der Waals surface area (Å²) in [6.45, 7) is 1.26. The minimum Gasteiger partial charge on any atom is -0.308 e. The highest BCUT2D eigenvalue weighted by Crippen LogP contribution is 2.31. The number of likely N-dealkylation sites (N-methyl/N-ethyl adjacent to an activating group) is 1. The molecule has 0 saturated heterocycles. The molecule has 0 unspecified atom stereocenters. The van der Waals surface area contributed by atoms with Crippen molar-refractivity contribution in [3.05, 3.63) is 58.1 Å². The van der Waals surface area contributed by atoms with Crippen molar-refractivity contribution >= 4 is 55.8 Å². The maximum absolute atomic E-state index is 13.0. The highest BCUT2D eigenvalue weighted by atomic mass is 35.5. The number of nitrogens with zero attached hydrogens (tertiary/aromatic N) is 3. The van der Waals surface area contributed by atoms with Gasteiger partial charge in [0, 0.05) is 28.7 Å². The van der Waals surface area contributed by atoms with Crippen LogP contribution in [0.1, 0.15) is 10.4 Å². The van der Waals surface area contributed by atoms with E-state index in [4.69, 9.17) is 23.2 Å². The number of aromatic nitrogens is 1. The van der Waals surface area contributed by atoms with Crippen LogP contribution in [0.2, 0.25) is 10.0 Å². The minimum atomic E-state index is -0.116. The maximum Gasteiger partial charge on any atom is 0.260 e. The van der Waals surface area contributed by atoms with Crippen LogP contribution in [0.3, 0.4) is 0 Å². The molecule has 1 aromatic heterocycles. The Bertz CT molecular complexity index is 910. The Labute approximate surface area is 160 Å². The molecule has 0 aliphatic heterocycles. The lowest BCUT2D eigenvalue weighted by Crippen LogP contribution is -2.36. The van der Waals surface area contributed by atoms with E-state index in [2.05, 4.69) is 4.98 Å². The molecule has 0 N–H and O–H groups in total. The smallest absolute Gasteiger partial charge is 0.260 e. The fraction of sp³-hybridized carbons (Fsp3) is 0.222. The Hall–Kier alpha value is -1.66. The van der Waals surface area contributed by atoms with E-state index in [1.54, 1.807) is 35.2 Å². The first-order valence-electron chi connectivity index (χ1n) is 7.72. The van der Waals surface area contributed by atoms with E-state index in [9.17, 15) is 4.79 Å². The molecule has 0 saturated carbocycles. The number of amides is 1. The van der Waals surface area contributed by atoms with Gasteiger partial charge in [-0.15, -0.1) is 0 Å². The van der Waals surface area contributed by atoms with Crippen LogP contribution in [-0.4, -0.2) is 43.0 Å². The van der Waals surface area contributed by atoms with Crippen molar-refractivity contribution in [1.29, 1.82) is 0 Å². The lowest BCUT2D eigenvalue weighted by molar-refractivity contribution is 0.0985. The van der Waals surface area contributed by atoms with Gasteiger partial charge in [0.05, 0.1) is 10.2 Å². The van der Waals surface area contributed by atoms with E-state index in [0.717, 1.165) is 16.8 Å². The Morgan fingerprint density at radius 1 is 1.08 bits per heavy atom. The van der Waals surface area contributed by atoms with Gasteiger partial charge in [0.2, 0.25) is 0 Å². The molecule has 2 aromatic carbocycles. The first kappa shape index (κ1) is 18.1. The van der Waals surface area contributed by atoms with Crippen molar-refractivity contribution in [1.82, 2.24) is 9.88 Å². The molecule has 0 fully saturated rings. The molecule has 0 aliphatic rings. The summed E-state index contributed by atoms with van der Waals surface area (Å²) in [7, 11) is 3.94. The molecule has 7 heteroatoms. The van der Waals surface area contributed by atoms with Crippen LogP contribution in [0, 0.1) is 0 Å². The number of halogens is 2. The van der Waals surface area contributed by atoms with Crippen molar-refractivity contribution in [3.8, 4) is 0 Å². The molecule has 4 nitrogen and oxygen atoms in total. The summed E-state index contributed by atoms with van der Waals surface area (Å²) in [6, 6.07) is 12.5. The van der Waals surface area contributed by atoms with Gasteiger partial charge in [-0.05, 0) is 50.5 Å². The van der Waals surface area contributed by atoms with Crippen molar-refractivity contribution in [2.75, 3.05) is 32.1 Å². The summed E-state index contributed by atoms with van der Waals surface area (Å²) in [5.41, 5.74) is 1.38. The lowest BCUT2D eigenvalue weighted by Gasteiger charge is -2.22. The number of hydrogen-bond donors (Lipinski definition) is 0. The fourth-order valence-corrected chi connectivity index (χ4v) is 3.82. The minimum absolute atomic E-state index is 0.116. The molecule has 1 amide bonds. The highest BCUT2D eigenvalue weighted by molar-refractivity contribution is 7.22. The van der Waals surface area contributed by atoms with Crippen molar-refractivity contribution < 1.29 is 4.79 Å². The number of anilines is 1.